The fraction of sp³-hybridized carbons (Fsp3) is 0.214. The van der Waals surface area contributed by atoms with Crippen molar-refractivity contribution >= 4 is 17.6 Å². The number of hydrogen-bond acceptors (Lipinski definition) is 4. The second kappa shape index (κ2) is 5.56. The highest BCUT2D eigenvalue weighted by Crippen LogP contribution is 2.14. The first-order chi connectivity index (χ1) is 9.51. The van der Waals surface area contributed by atoms with Gasteiger partial charge in [0.15, 0.2) is 5.69 Å². The summed E-state index contributed by atoms with van der Waals surface area (Å²) in [7, 11) is 3.06. The predicted octanol–water partition coefficient (Wildman–Crippen LogP) is 1.77. The zero-order valence-electron chi connectivity index (χ0n) is 11.5. The van der Waals surface area contributed by atoms with Gasteiger partial charge in [-0.2, -0.15) is 5.10 Å². The van der Waals surface area contributed by atoms with Crippen LogP contribution in [0, 0.1) is 6.92 Å². The van der Waals surface area contributed by atoms with Gasteiger partial charge in [0, 0.05) is 24.5 Å². The Morgan fingerprint density at radius 3 is 2.70 bits per heavy atom. The number of methoxy groups -OCH3 is 1. The van der Waals surface area contributed by atoms with Gasteiger partial charge in [-0.05, 0) is 25.1 Å². The number of esters is 1. The van der Waals surface area contributed by atoms with E-state index in [0.29, 0.717) is 16.9 Å². The van der Waals surface area contributed by atoms with Gasteiger partial charge in [0.2, 0.25) is 0 Å². The average Bonchev–Trinajstić information content (AvgIpc) is 2.77. The smallest absolute Gasteiger partial charge is 0.337 e. The molecule has 6 nitrogen and oxygen atoms in total. The Hall–Kier alpha value is -2.63. The number of aromatic nitrogens is 2. The number of benzene rings is 1. The lowest BCUT2D eigenvalue weighted by Crippen LogP contribution is -2.14. The summed E-state index contributed by atoms with van der Waals surface area (Å²) in [5, 5.41) is 6.80. The molecule has 2 aromatic rings. The van der Waals surface area contributed by atoms with E-state index >= 15 is 0 Å². The standard InChI is InChI=1S/C14H15N3O3/c1-9-8-17(2)16-12(9)13(18)15-11-6-4-5-10(7-11)14(19)20-3/h4-8H,1-3H3,(H,15,18). The second-order valence-corrected chi connectivity index (χ2v) is 4.36. The molecule has 20 heavy (non-hydrogen) atoms. The molecule has 6 heteroatoms. The van der Waals surface area contributed by atoms with Crippen LogP contribution in [0.3, 0.4) is 0 Å². The summed E-state index contributed by atoms with van der Waals surface area (Å²) >= 11 is 0. The minimum atomic E-state index is -0.449. The van der Waals surface area contributed by atoms with E-state index in [1.807, 2.05) is 6.92 Å². The van der Waals surface area contributed by atoms with Crippen molar-refractivity contribution in [3.63, 3.8) is 0 Å². The molecule has 0 saturated heterocycles. The molecule has 1 N–H and O–H groups in total. The topological polar surface area (TPSA) is 73.2 Å². The molecular weight excluding hydrogens is 258 g/mol. The largest absolute Gasteiger partial charge is 0.465 e. The molecule has 0 radical (unpaired) electrons. The average molecular weight is 273 g/mol. The van der Waals surface area contributed by atoms with Crippen LogP contribution in [-0.4, -0.2) is 28.8 Å². The Morgan fingerprint density at radius 2 is 2.10 bits per heavy atom. The van der Waals surface area contributed by atoms with E-state index in [0.717, 1.165) is 5.56 Å². The SMILES string of the molecule is COC(=O)c1cccc(NC(=O)c2nn(C)cc2C)c1. The summed E-state index contributed by atoms with van der Waals surface area (Å²) in [4.78, 5) is 23.5. The Balaban J connectivity index is 2.20. The minimum absolute atomic E-state index is 0.315. The molecule has 1 heterocycles. The predicted molar refractivity (Wildman–Crippen MR) is 73.7 cm³/mol. The van der Waals surface area contributed by atoms with Gasteiger partial charge < -0.3 is 10.1 Å². The number of nitrogens with one attached hydrogen (secondary N) is 1. The molecule has 0 aliphatic rings. The monoisotopic (exact) mass is 273 g/mol. The molecule has 0 fully saturated rings. The molecule has 104 valence electrons. The zero-order valence-corrected chi connectivity index (χ0v) is 11.5. The fourth-order valence-electron chi connectivity index (χ4n) is 1.86. The first kappa shape index (κ1) is 13.8. The van der Waals surface area contributed by atoms with Crippen molar-refractivity contribution in [3.05, 3.63) is 47.3 Å². The molecule has 2 rings (SSSR count). The van der Waals surface area contributed by atoms with Crippen LogP contribution in [0.5, 0.6) is 0 Å². The first-order valence-electron chi connectivity index (χ1n) is 6.01. The maximum Gasteiger partial charge on any atom is 0.337 e. The van der Waals surface area contributed by atoms with Crippen LogP contribution in [0.4, 0.5) is 5.69 Å². The van der Waals surface area contributed by atoms with E-state index in [2.05, 4.69) is 15.2 Å². The maximum absolute atomic E-state index is 12.1. The lowest BCUT2D eigenvalue weighted by atomic mass is 10.2. The highest BCUT2D eigenvalue weighted by atomic mass is 16.5. The van der Waals surface area contributed by atoms with Crippen molar-refractivity contribution in [1.29, 1.82) is 0 Å². The molecule has 0 atom stereocenters. The summed E-state index contributed by atoms with van der Waals surface area (Å²) in [5.74, 6) is -0.764. The molecule has 0 aliphatic carbocycles. The summed E-state index contributed by atoms with van der Waals surface area (Å²) in [6.07, 6.45) is 1.76. The molecular formula is C14H15N3O3. The molecule has 0 saturated carbocycles. The van der Waals surface area contributed by atoms with Gasteiger partial charge in [0.25, 0.3) is 5.91 Å². The number of carbonyl (C=O) groups is 2. The molecule has 1 aromatic heterocycles. The maximum atomic E-state index is 12.1. The summed E-state index contributed by atoms with van der Waals surface area (Å²) in [6.45, 7) is 1.81. The van der Waals surface area contributed by atoms with E-state index in [1.54, 1.807) is 42.2 Å². The Bertz CT molecular complexity index is 661. The van der Waals surface area contributed by atoms with Crippen LogP contribution in [0.2, 0.25) is 0 Å². The van der Waals surface area contributed by atoms with Crippen molar-refractivity contribution in [3.8, 4) is 0 Å². The lowest BCUT2D eigenvalue weighted by Gasteiger charge is -2.05. The Kier molecular flexibility index (Phi) is 3.84. The van der Waals surface area contributed by atoms with Crippen LogP contribution in [0.25, 0.3) is 0 Å². The van der Waals surface area contributed by atoms with Crippen molar-refractivity contribution < 1.29 is 14.3 Å². The van der Waals surface area contributed by atoms with Crippen LogP contribution in [0.1, 0.15) is 26.4 Å². The second-order valence-electron chi connectivity index (χ2n) is 4.36. The Labute approximate surface area is 116 Å². The Morgan fingerprint density at radius 1 is 1.35 bits per heavy atom. The van der Waals surface area contributed by atoms with Crippen LogP contribution in [0.15, 0.2) is 30.5 Å². The van der Waals surface area contributed by atoms with E-state index in [4.69, 9.17) is 0 Å². The molecule has 0 spiro atoms. The minimum Gasteiger partial charge on any atom is -0.465 e. The lowest BCUT2D eigenvalue weighted by molar-refractivity contribution is 0.0600. The van der Waals surface area contributed by atoms with Crippen molar-refractivity contribution in [2.75, 3.05) is 12.4 Å². The number of hydrogen-bond donors (Lipinski definition) is 1. The normalized spacial score (nSPS) is 10.2. The highest BCUT2D eigenvalue weighted by Gasteiger charge is 2.14. The van der Waals surface area contributed by atoms with Gasteiger partial charge >= 0.3 is 5.97 Å². The number of ether oxygens (including phenoxy) is 1. The zero-order chi connectivity index (χ0) is 14.7. The van der Waals surface area contributed by atoms with E-state index < -0.39 is 5.97 Å². The summed E-state index contributed by atoms with van der Waals surface area (Å²) in [6, 6.07) is 6.55. The van der Waals surface area contributed by atoms with Crippen molar-refractivity contribution in [2.45, 2.75) is 6.92 Å². The third-order valence-corrected chi connectivity index (χ3v) is 2.77. The molecule has 0 aliphatic heterocycles. The van der Waals surface area contributed by atoms with Crippen LogP contribution in [-0.2, 0) is 11.8 Å². The number of rotatable bonds is 3. The number of amides is 1. The number of aryl methyl sites for hydroxylation is 2. The third kappa shape index (κ3) is 2.85. The highest BCUT2D eigenvalue weighted by molar-refractivity contribution is 6.04. The fourth-order valence-corrected chi connectivity index (χ4v) is 1.86. The first-order valence-corrected chi connectivity index (χ1v) is 6.01. The van der Waals surface area contributed by atoms with Crippen LogP contribution >= 0.6 is 0 Å². The van der Waals surface area contributed by atoms with Crippen molar-refractivity contribution in [1.82, 2.24) is 9.78 Å². The van der Waals surface area contributed by atoms with E-state index in [1.165, 1.54) is 7.11 Å². The van der Waals surface area contributed by atoms with Crippen LogP contribution < -0.4 is 5.32 Å². The van der Waals surface area contributed by atoms with Gasteiger partial charge in [0.05, 0.1) is 12.7 Å². The number of nitrogens with zero attached hydrogens (tertiary/aromatic N) is 2. The number of anilines is 1. The van der Waals surface area contributed by atoms with Crippen molar-refractivity contribution in [2.24, 2.45) is 7.05 Å². The molecule has 1 amide bonds. The van der Waals surface area contributed by atoms with E-state index in [9.17, 15) is 9.59 Å². The molecule has 0 bridgehead atoms. The molecule has 1 aromatic carbocycles. The summed E-state index contributed by atoms with van der Waals surface area (Å²) in [5.41, 5.74) is 2.04. The van der Waals surface area contributed by atoms with Gasteiger partial charge in [0.1, 0.15) is 0 Å². The number of carbonyl (C=O) groups excluding carboxylic acids is 2. The third-order valence-electron chi connectivity index (χ3n) is 2.77. The van der Waals surface area contributed by atoms with E-state index in [-0.39, 0.29) is 5.91 Å². The van der Waals surface area contributed by atoms with Gasteiger partial charge in [-0.15, -0.1) is 0 Å². The molecule has 0 unspecified atom stereocenters. The van der Waals surface area contributed by atoms with Gasteiger partial charge in [-0.1, -0.05) is 6.07 Å². The summed E-state index contributed by atoms with van der Waals surface area (Å²) < 4.78 is 6.21. The van der Waals surface area contributed by atoms with Gasteiger partial charge in [-0.25, -0.2) is 4.79 Å². The quantitative estimate of drug-likeness (QED) is 0.865. The van der Waals surface area contributed by atoms with Gasteiger partial charge in [-0.3, -0.25) is 9.48 Å².